The first-order chi connectivity index (χ1) is 18.0. The number of aliphatic hydroxyl groups excluding tert-OH is 1. The highest BCUT2D eigenvalue weighted by Gasteiger charge is 2.27. The number of aliphatic hydroxyl groups is 1. The number of carbonyl (C=O) groups is 2. The van der Waals surface area contributed by atoms with E-state index in [2.05, 4.69) is 10.3 Å². The maximum absolute atomic E-state index is 13.2. The molecule has 4 heterocycles. The van der Waals surface area contributed by atoms with Crippen LogP contribution in [0.1, 0.15) is 31.3 Å². The van der Waals surface area contributed by atoms with Crippen molar-refractivity contribution < 1.29 is 24.2 Å². The maximum Gasteiger partial charge on any atom is 0.264 e. The van der Waals surface area contributed by atoms with E-state index < -0.39 is 0 Å². The van der Waals surface area contributed by atoms with Crippen molar-refractivity contribution in [2.45, 2.75) is 19.4 Å². The Balaban J connectivity index is 1.39. The summed E-state index contributed by atoms with van der Waals surface area (Å²) in [5.41, 5.74) is 1.36. The van der Waals surface area contributed by atoms with Gasteiger partial charge in [-0.1, -0.05) is 12.2 Å². The van der Waals surface area contributed by atoms with Gasteiger partial charge in [0, 0.05) is 54.0 Å². The van der Waals surface area contributed by atoms with Crippen molar-refractivity contribution in [3.63, 3.8) is 0 Å². The predicted octanol–water partition coefficient (Wildman–Crippen LogP) is 4.75. The van der Waals surface area contributed by atoms with Gasteiger partial charge in [0.1, 0.15) is 11.5 Å². The van der Waals surface area contributed by atoms with E-state index in [1.165, 1.54) is 22.7 Å². The number of hydrogen-bond acceptors (Lipinski definition) is 8. The van der Waals surface area contributed by atoms with Gasteiger partial charge in [-0.2, -0.15) is 0 Å². The van der Waals surface area contributed by atoms with E-state index in [9.17, 15) is 9.59 Å². The third-order valence-electron chi connectivity index (χ3n) is 6.16. The first-order valence-electron chi connectivity index (χ1n) is 12.0. The molecule has 37 heavy (non-hydrogen) atoms. The summed E-state index contributed by atoms with van der Waals surface area (Å²) < 4.78 is 13.3. The Morgan fingerprint density at radius 3 is 2.92 bits per heavy atom. The second-order valence-electron chi connectivity index (χ2n) is 8.67. The maximum atomic E-state index is 13.2. The third-order valence-corrected chi connectivity index (χ3v) is 8.35. The van der Waals surface area contributed by atoms with Gasteiger partial charge in [0.05, 0.1) is 33.3 Å². The Kier molecular flexibility index (Phi) is 7.52. The van der Waals surface area contributed by atoms with E-state index in [0.29, 0.717) is 53.6 Å². The molecule has 1 atom stereocenters. The zero-order chi connectivity index (χ0) is 25.9. The number of fused-ring (bicyclic) bond motifs is 2. The van der Waals surface area contributed by atoms with Crippen LogP contribution in [-0.2, 0) is 4.74 Å². The van der Waals surface area contributed by atoms with Crippen LogP contribution < -0.4 is 10.1 Å². The van der Waals surface area contributed by atoms with Crippen molar-refractivity contribution in [1.82, 2.24) is 15.2 Å². The standard InChI is InChI=1S/C27H27N3O5S2/c1-16-24(26(32)29-9-4-12-31)19-7-6-18(13-22(19)36-16)35-21-8-10-28-20-14-23(37-25(20)21)27(33)30-11-3-5-17(30)15-34-2/h3,5-8,10,13-14,17,31H,4,9,11-12,15H2,1-2H3,(H,29,32). The van der Waals surface area contributed by atoms with Crippen LogP contribution in [0.3, 0.4) is 0 Å². The van der Waals surface area contributed by atoms with E-state index in [4.69, 9.17) is 14.6 Å². The zero-order valence-corrected chi connectivity index (χ0v) is 22.2. The van der Waals surface area contributed by atoms with Crippen molar-refractivity contribution in [2.24, 2.45) is 0 Å². The van der Waals surface area contributed by atoms with Gasteiger partial charge in [0.15, 0.2) is 0 Å². The molecule has 0 radical (unpaired) electrons. The largest absolute Gasteiger partial charge is 0.456 e. The molecule has 1 unspecified atom stereocenters. The molecule has 1 aliphatic heterocycles. The molecular formula is C27H27N3O5S2. The number of amides is 2. The predicted molar refractivity (Wildman–Crippen MR) is 146 cm³/mol. The molecule has 0 saturated heterocycles. The second kappa shape index (κ2) is 11.0. The molecule has 192 valence electrons. The molecular weight excluding hydrogens is 510 g/mol. The van der Waals surface area contributed by atoms with Crippen molar-refractivity contribution in [3.05, 3.63) is 64.0 Å². The van der Waals surface area contributed by atoms with E-state index in [1.807, 2.05) is 43.3 Å². The van der Waals surface area contributed by atoms with E-state index in [1.54, 1.807) is 24.3 Å². The summed E-state index contributed by atoms with van der Waals surface area (Å²) in [4.78, 5) is 33.7. The van der Waals surface area contributed by atoms with Gasteiger partial charge in [-0.25, -0.2) is 0 Å². The van der Waals surface area contributed by atoms with Gasteiger partial charge in [-0.15, -0.1) is 22.7 Å². The van der Waals surface area contributed by atoms with E-state index in [0.717, 1.165) is 19.7 Å². The summed E-state index contributed by atoms with van der Waals surface area (Å²) in [5.74, 6) is 1.06. The number of thiophene rings is 2. The first-order valence-corrected chi connectivity index (χ1v) is 13.6. The minimum absolute atomic E-state index is 0.0380. The summed E-state index contributed by atoms with van der Waals surface area (Å²) in [7, 11) is 1.63. The molecule has 0 aliphatic carbocycles. The molecule has 1 aliphatic rings. The molecule has 0 saturated carbocycles. The number of carbonyl (C=O) groups excluding carboxylic acids is 2. The highest BCUT2D eigenvalue weighted by molar-refractivity contribution is 7.21. The fourth-order valence-electron chi connectivity index (χ4n) is 4.40. The molecule has 3 aromatic heterocycles. The minimum atomic E-state index is -0.140. The lowest BCUT2D eigenvalue weighted by atomic mass is 10.1. The monoisotopic (exact) mass is 537 g/mol. The quantitative estimate of drug-likeness (QED) is 0.236. The van der Waals surface area contributed by atoms with Crippen LogP contribution in [0.15, 0.2) is 48.7 Å². The highest BCUT2D eigenvalue weighted by Crippen LogP contribution is 2.38. The summed E-state index contributed by atoms with van der Waals surface area (Å²) >= 11 is 2.90. The molecule has 1 aromatic carbocycles. The summed E-state index contributed by atoms with van der Waals surface area (Å²) in [5, 5.41) is 12.7. The Bertz CT molecular complexity index is 1490. The van der Waals surface area contributed by atoms with Crippen LogP contribution in [0, 0.1) is 6.92 Å². The number of benzene rings is 1. The molecule has 0 bridgehead atoms. The van der Waals surface area contributed by atoms with Gasteiger partial charge in [0.25, 0.3) is 11.8 Å². The summed E-state index contributed by atoms with van der Waals surface area (Å²) in [6, 6.07) is 9.19. The molecule has 10 heteroatoms. The number of ether oxygens (including phenoxy) is 2. The molecule has 5 rings (SSSR count). The second-order valence-corrected chi connectivity index (χ2v) is 11.0. The topological polar surface area (TPSA) is 101 Å². The summed E-state index contributed by atoms with van der Waals surface area (Å²) in [6.07, 6.45) is 6.17. The third kappa shape index (κ3) is 5.10. The zero-order valence-electron chi connectivity index (χ0n) is 20.5. The number of nitrogens with zero attached hydrogens (tertiary/aromatic N) is 2. The minimum Gasteiger partial charge on any atom is -0.456 e. The van der Waals surface area contributed by atoms with Crippen LogP contribution in [0.2, 0.25) is 0 Å². The fourth-order valence-corrected chi connectivity index (χ4v) is 6.52. The molecule has 4 aromatic rings. The Labute approximate surface area is 222 Å². The van der Waals surface area contributed by atoms with Gasteiger partial charge in [-0.3, -0.25) is 14.6 Å². The average Bonchev–Trinajstić information content (AvgIpc) is 3.60. The Morgan fingerprint density at radius 1 is 1.24 bits per heavy atom. The van der Waals surface area contributed by atoms with Gasteiger partial charge < -0.3 is 24.8 Å². The number of rotatable bonds is 9. The number of pyridine rings is 1. The average molecular weight is 538 g/mol. The summed E-state index contributed by atoms with van der Waals surface area (Å²) in [6.45, 7) is 3.40. The molecule has 0 spiro atoms. The number of hydrogen-bond donors (Lipinski definition) is 2. The number of nitrogens with one attached hydrogen (secondary N) is 1. The highest BCUT2D eigenvalue weighted by atomic mass is 32.1. The lowest BCUT2D eigenvalue weighted by Gasteiger charge is -2.23. The van der Waals surface area contributed by atoms with Crippen molar-refractivity contribution >= 4 is 54.8 Å². The van der Waals surface area contributed by atoms with Crippen LogP contribution in [-0.4, -0.2) is 66.3 Å². The lowest BCUT2D eigenvalue weighted by Crippen LogP contribution is -2.38. The number of aromatic nitrogens is 1. The normalized spacial score (nSPS) is 15.1. The van der Waals surface area contributed by atoms with Crippen molar-refractivity contribution in [2.75, 3.05) is 33.4 Å². The van der Waals surface area contributed by atoms with Crippen LogP contribution >= 0.6 is 22.7 Å². The fraction of sp³-hybridized carbons (Fsp3) is 0.296. The van der Waals surface area contributed by atoms with Crippen molar-refractivity contribution in [1.29, 1.82) is 0 Å². The number of aryl methyl sites for hydroxylation is 1. The molecule has 2 N–H and O–H groups in total. The van der Waals surface area contributed by atoms with Gasteiger partial charge >= 0.3 is 0 Å². The lowest BCUT2D eigenvalue weighted by molar-refractivity contribution is 0.0666. The Morgan fingerprint density at radius 2 is 2.11 bits per heavy atom. The molecule has 0 fully saturated rings. The van der Waals surface area contributed by atoms with Gasteiger partial charge in [-0.05, 0) is 37.6 Å². The smallest absolute Gasteiger partial charge is 0.264 e. The first kappa shape index (κ1) is 25.3. The van der Waals surface area contributed by atoms with Crippen LogP contribution in [0.25, 0.3) is 20.3 Å². The van der Waals surface area contributed by atoms with E-state index in [-0.39, 0.29) is 24.5 Å². The van der Waals surface area contributed by atoms with Gasteiger partial charge in [0.2, 0.25) is 0 Å². The van der Waals surface area contributed by atoms with Crippen molar-refractivity contribution in [3.8, 4) is 11.5 Å². The van der Waals surface area contributed by atoms with Crippen LogP contribution in [0.5, 0.6) is 11.5 Å². The van der Waals surface area contributed by atoms with E-state index >= 15 is 0 Å². The number of methoxy groups -OCH3 is 1. The molecule has 2 amide bonds. The molecule has 8 nitrogen and oxygen atoms in total. The van der Waals surface area contributed by atoms with Crippen LogP contribution in [0.4, 0.5) is 0 Å². The Hall–Kier alpha value is -3.31. The SMILES string of the molecule is COCC1C=CCN1C(=O)c1cc2nccc(Oc3ccc4c(C(=O)NCCCO)c(C)sc4c3)c2s1.